The highest BCUT2D eigenvalue weighted by molar-refractivity contribution is 5.84. The van der Waals surface area contributed by atoms with E-state index < -0.39 is 0 Å². The molecule has 0 aliphatic heterocycles. The molecule has 2 aromatic carbocycles. The van der Waals surface area contributed by atoms with E-state index in [-0.39, 0.29) is 11.3 Å². The van der Waals surface area contributed by atoms with Gasteiger partial charge in [0.05, 0.1) is 10.9 Å². The molecule has 1 amide bonds. The number of aromatic nitrogens is 2. The Labute approximate surface area is 205 Å². The van der Waals surface area contributed by atoms with Crippen LogP contribution in [0, 0.1) is 0 Å². The van der Waals surface area contributed by atoms with Crippen LogP contribution >= 0.6 is 0 Å². The van der Waals surface area contributed by atoms with Crippen molar-refractivity contribution in [2.24, 2.45) is 0 Å². The maximum atomic E-state index is 13.0. The van der Waals surface area contributed by atoms with E-state index in [4.69, 9.17) is 0 Å². The molecule has 1 saturated carbocycles. The first kappa shape index (κ1) is 22.8. The Balaban J connectivity index is 1.48. The topological polar surface area (TPSA) is 76.0 Å². The summed E-state index contributed by atoms with van der Waals surface area (Å²) in [5, 5.41) is 7.12. The van der Waals surface area contributed by atoms with Gasteiger partial charge in [0.2, 0.25) is 5.91 Å². The summed E-state index contributed by atoms with van der Waals surface area (Å²) in [5.41, 5.74) is 3.28. The third-order valence-corrected chi connectivity index (χ3v) is 6.59. The van der Waals surface area contributed by atoms with Crippen molar-refractivity contribution >= 4 is 28.3 Å². The molecule has 0 bridgehead atoms. The lowest BCUT2D eigenvalue weighted by Crippen LogP contribution is -2.36. The Hall–Kier alpha value is -3.93. The lowest BCUT2D eigenvalue weighted by atomic mass is 9.95. The Morgan fingerprint density at radius 3 is 2.40 bits per heavy atom. The predicted octanol–water partition coefficient (Wildman–Crippen LogP) is 5.51. The minimum atomic E-state index is -0.0975. The summed E-state index contributed by atoms with van der Waals surface area (Å²) in [6.45, 7) is 0. The standard InChI is InChI=1S/C29H30N4O2/c34-27-19-28(31-21-10-4-1-5-11-21)33(24-14-8-3-9-15-24)26-18-23(30-20-25(26)27)16-17-29(35)32-22-12-6-2-7-13-22/h1,3-5,8-11,14-15,18-20,22,31H,2,6-7,12-13,16-17H2,(H,32,35). The molecule has 0 atom stereocenters. The normalized spacial score (nSPS) is 14.1. The van der Waals surface area contributed by atoms with Gasteiger partial charge in [-0.1, -0.05) is 55.7 Å². The molecule has 0 spiro atoms. The van der Waals surface area contributed by atoms with Gasteiger partial charge in [0.1, 0.15) is 5.82 Å². The number of nitrogens with zero attached hydrogens (tertiary/aromatic N) is 2. The zero-order valence-electron chi connectivity index (χ0n) is 19.7. The van der Waals surface area contributed by atoms with Crippen LogP contribution in [0.25, 0.3) is 16.6 Å². The van der Waals surface area contributed by atoms with E-state index in [1.54, 1.807) is 12.3 Å². The Morgan fingerprint density at radius 2 is 1.66 bits per heavy atom. The van der Waals surface area contributed by atoms with Gasteiger partial charge in [-0.3, -0.25) is 19.1 Å². The monoisotopic (exact) mass is 466 g/mol. The lowest BCUT2D eigenvalue weighted by molar-refractivity contribution is -0.122. The number of carbonyl (C=O) groups is 1. The summed E-state index contributed by atoms with van der Waals surface area (Å²) >= 11 is 0. The first-order chi connectivity index (χ1) is 17.2. The average Bonchev–Trinajstić information content (AvgIpc) is 2.89. The number of carbonyl (C=O) groups excluding carboxylic acids is 1. The van der Waals surface area contributed by atoms with Gasteiger partial charge in [-0.2, -0.15) is 0 Å². The summed E-state index contributed by atoms with van der Waals surface area (Å²) in [4.78, 5) is 30.1. The van der Waals surface area contributed by atoms with Crippen LogP contribution in [0.3, 0.4) is 0 Å². The van der Waals surface area contributed by atoms with Crippen LogP contribution in [-0.2, 0) is 11.2 Å². The number of hydrogen-bond donors (Lipinski definition) is 2. The van der Waals surface area contributed by atoms with Crippen molar-refractivity contribution in [3.8, 4) is 5.69 Å². The Kier molecular flexibility index (Phi) is 6.89. The molecule has 6 nitrogen and oxygen atoms in total. The minimum absolute atomic E-state index is 0.0683. The highest BCUT2D eigenvalue weighted by atomic mass is 16.1. The molecule has 2 N–H and O–H groups in total. The van der Waals surface area contributed by atoms with Gasteiger partial charge in [-0.05, 0) is 49.6 Å². The maximum Gasteiger partial charge on any atom is 0.220 e. The first-order valence-electron chi connectivity index (χ1n) is 12.4. The number of pyridine rings is 2. The van der Waals surface area contributed by atoms with Gasteiger partial charge < -0.3 is 10.6 Å². The maximum absolute atomic E-state index is 13.0. The van der Waals surface area contributed by atoms with E-state index in [1.807, 2.05) is 71.3 Å². The second kappa shape index (κ2) is 10.6. The molecule has 2 aromatic heterocycles. The molecule has 0 unspecified atom stereocenters. The van der Waals surface area contributed by atoms with Gasteiger partial charge >= 0.3 is 0 Å². The van der Waals surface area contributed by atoms with Gasteiger partial charge in [0.25, 0.3) is 0 Å². The van der Waals surface area contributed by atoms with Crippen LogP contribution in [0.4, 0.5) is 11.5 Å². The fourth-order valence-electron chi connectivity index (χ4n) is 4.80. The summed E-state index contributed by atoms with van der Waals surface area (Å²) in [5.74, 6) is 0.742. The van der Waals surface area contributed by atoms with Crippen molar-refractivity contribution in [3.63, 3.8) is 0 Å². The zero-order chi connectivity index (χ0) is 24.0. The molecule has 1 aliphatic carbocycles. The summed E-state index contributed by atoms with van der Waals surface area (Å²) in [7, 11) is 0. The molecule has 5 rings (SSSR count). The summed E-state index contributed by atoms with van der Waals surface area (Å²) in [6, 6.07) is 23.6. The Bertz CT molecular complexity index is 1360. The van der Waals surface area contributed by atoms with Gasteiger partial charge in [0.15, 0.2) is 5.43 Å². The largest absolute Gasteiger partial charge is 0.353 e. The molecule has 4 aromatic rings. The highest BCUT2D eigenvalue weighted by Gasteiger charge is 2.17. The second-order valence-electron chi connectivity index (χ2n) is 9.15. The number of fused-ring (bicyclic) bond motifs is 1. The van der Waals surface area contributed by atoms with Gasteiger partial charge in [-0.25, -0.2) is 0 Å². The number of para-hydroxylation sites is 2. The number of rotatable bonds is 7. The number of hydrogen-bond acceptors (Lipinski definition) is 4. The molecule has 6 heteroatoms. The van der Waals surface area contributed by atoms with Crippen LogP contribution in [-0.4, -0.2) is 21.5 Å². The quantitative estimate of drug-likeness (QED) is 0.377. The third-order valence-electron chi connectivity index (χ3n) is 6.59. The van der Waals surface area contributed by atoms with Crippen LogP contribution in [0.2, 0.25) is 0 Å². The average molecular weight is 467 g/mol. The summed E-state index contributed by atoms with van der Waals surface area (Å²) < 4.78 is 2.04. The van der Waals surface area contributed by atoms with Gasteiger partial charge in [0, 0.05) is 41.8 Å². The molecule has 0 radical (unpaired) electrons. The van der Waals surface area contributed by atoms with Crippen molar-refractivity contribution < 1.29 is 4.79 Å². The van der Waals surface area contributed by atoms with Crippen LogP contribution in [0.5, 0.6) is 0 Å². The number of benzene rings is 2. The van der Waals surface area contributed by atoms with Crippen molar-refractivity contribution in [1.82, 2.24) is 14.9 Å². The van der Waals surface area contributed by atoms with Gasteiger partial charge in [-0.15, -0.1) is 0 Å². The van der Waals surface area contributed by atoms with Crippen molar-refractivity contribution in [3.05, 3.63) is 94.9 Å². The van der Waals surface area contributed by atoms with E-state index in [9.17, 15) is 9.59 Å². The molecular formula is C29H30N4O2. The summed E-state index contributed by atoms with van der Waals surface area (Å²) in [6.07, 6.45) is 8.32. The smallest absolute Gasteiger partial charge is 0.220 e. The predicted molar refractivity (Wildman–Crippen MR) is 140 cm³/mol. The SMILES string of the molecule is O=C(CCc1cc2c(cn1)c(=O)cc(Nc1ccccc1)n2-c1ccccc1)NC1CCCCC1. The third kappa shape index (κ3) is 5.43. The van der Waals surface area contributed by atoms with Crippen molar-refractivity contribution in [2.75, 3.05) is 5.32 Å². The minimum Gasteiger partial charge on any atom is -0.353 e. The number of anilines is 2. The molecular weight excluding hydrogens is 436 g/mol. The van der Waals surface area contributed by atoms with Crippen molar-refractivity contribution in [1.29, 1.82) is 0 Å². The van der Waals surface area contributed by atoms with Crippen LogP contribution < -0.4 is 16.1 Å². The van der Waals surface area contributed by atoms with Crippen LogP contribution in [0.15, 0.2) is 83.8 Å². The van der Waals surface area contributed by atoms with E-state index in [0.29, 0.717) is 30.1 Å². The zero-order valence-corrected chi connectivity index (χ0v) is 19.7. The highest BCUT2D eigenvalue weighted by Crippen LogP contribution is 2.25. The fourth-order valence-corrected chi connectivity index (χ4v) is 4.80. The Morgan fingerprint density at radius 1 is 0.943 bits per heavy atom. The molecule has 1 aliphatic rings. The number of nitrogens with one attached hydrogen (secondary N) is 2. The van der Waals surface area contributed by atoms with Crippen molar-refractivity contribution in [2.45, 2.75) is 51.0 Å². The molecule has 178 valence electrons. The van der Waals surface area contributed by atoms with Crippen LogP contribution in [0.1, 0.15) is 44.2 Å². The van der Waals surface area contributed by atoms with E-state index in [2.05, 4.69) is 15.6 Å². The molecule has 2 heterocycles. The number of aryl methyl sites for hydroxylation is 1. The first-order valence-corrected chi connectivity index (χ1v) is 12.4. The lowest BCUT2D eigenvalue weighted by Gasteiger charge is -2.22. The molecule has 0 saturated heterocycles. The second-order valence-corrected chi connectivity index (χ2v) is 9.15. The van der Waals surface area contributed by atoms with E-state index >= 15 is 0 Å². The van der Waals surface area contributed by atoms with E-state index in [1.165, 1.54) is 19.3 Å². The molecule has 35 heavy (non-hydrogen) atoms. The molecule has 1 fully saturated rings. The van der Waals surface area contributed by atoms with E-state index in [0.717, 1.165) is 35.4 Å². The fraction of sp³-hybridized carbons (Fsp3) is 0.276. The number of amides is 1.